The molecular formula is C17H23N5O4S. The Morgan fingerprint density at radius 2 is 1.89 bits per heavy atom. The van der Waals surface area contributed by atoms with Gasteiger partial charge in [-0.3, -0.25) is 4.90 Å². The number of aromatic nitrogens is 3. The van der Waals surface area contributed by atoms with Gasteiger partial charge in [0.25, 0.3) is 0 Å². The first-order valence-corrected chi connectivity index (χ1v) is 10.0. The second kappa shape index (κ2) is 7.75. The van der Waals surface area contributed by atoms with E-state index in [0.717, 1.165) is 11.1 Å². The second-order valence-corrected chi connectivity index (χ2v) is 8.47. The van der Waals surface area contributed by atoms with Crippen molar-refractivity contribution >= 4 is 16.0 Å². The molecule has 1 fully saturated rings. The second-order valence-electron chi connectivity index (χ2n) is 6.57. The lowest BCUT2D eigenvalue weighted by Gasteiger charge is -2.33. The molecule has 0 unspecified atom stereocenters. The lowest BCUT2D eigenvalue weighted by atomic mass is 10.2. The van der Waals surface area contributed by atoms with Crippen LogP contribution >= 0.6 is 0 Å². The van der Waals surface area contributed by atoms with Crippen molar-refractivity contribution < 1.29 is 17.9 Å². The van der Waals surface area contributed by atoms with E-state index in [1.54, 1.807) is 10.7 Å². The van der Waals surface area contributed by atoms with Gasteiger partial charge in [-0.25, -0.2) is 17.9 Å². The predicted octanol–water partition coefficient (Wildman–Crippen LogP) is 0.646. The van der Waals surface area contributed by atoms with E-state index >= 15 is 0 Å². The van der Waals surface area contributed by atoms with Crippen LogP contribution in [0.25, 0.3) is 0 Å². The number of ether oxygens (including phenoxy) is 1. The highest BCUT2D eigenvalue weighted by atomic mass is 32.2. The van der Waals surface area contributed by atoms with Gasteiger partial charge in [-0.2, -0.15) is 4.31 Å². The van der Waals surface area contributed by atoms with E-state index in [4.69, 9.17) is 0 Å². The first-order valence-electron chi connectivity index (χ1n) is 8.59. The van der Waals surface area contributed by atoms with Crippen LogP contribution in [-0.4, -0.2) is 71.9 Å². The molecule has 0 bridgehead atoms. The van der Waals surface area contributed by atoms with Crippen molar-refractivity contribution in [3.05, 3.63) is 41.2 Å². The molecule has 9 nitrogen and oxygen atoms in total. The number of hydrogen-bond acceptors (Lipinski definition) is 7. The Morgan fingerprint density at radius 1 is 1.19 bits per heavy atom. The first-order chi connectivity index (χ1) is 12.8. The Labute approximate surface area is 158 Å². The molecule has 1 aliphatic heterocycles. The monoisotopic (exact) mass is 393 g/mol. The SMILES string of the molecule is COC(=O)c1cn(CN2CCN(S(=O)(=O)c3ccc(C)cc3C)CC2)nn1. The van der Waals surface area contributed by atoms with Gasteiger partial charge >= 0.3 is 5.97 Å². The molecule has 1 saturated heterocycles. The summed E-state index contributed by atoms with van der Waals surface area (Å²) in [6.45, 7) is 6.12. The molecule has 1 aliphatic rings. The standard InChI is InChI=1S/C17H23N5O4S/c1-13-4-5-16(14(2)10-13)27(24,25)22-8-6-20(7-9-22)12-21-11-15(18-19-21)17(23)26-3/h4-5,10-11H,6-9,12H2,1-3H3. The molecule has 0 saturated carbocycles. The van der Waals surface area contributed by atoms with E-state index in [0.29, 0.717) is 37.7 Å². The summed E-state index contributed by atoms with van der Waals surface area (Å²) in [4.78, 5) is 13.9. The molecular weight excluding hydrogens is 370 g/mol. The van der Waals surface area contributed by atoms with E-state index in [1.165, 1.54) is 17.6 Å². The van der Waals surface area contributed by atoms with E-state index in [1.807, 2.05) is 26.0 Å². The highest BCUT2D eigenvalue weighted by molar-refractivity contribution is 7.89. The van der Waals surface area contributed by atoms with Crippen molar-refractivity contribution in [3.63, 3.8) is 0 Å². The van der Waals surface area contributed by atoms with Gasteiger partial charge in [0.2, 0.25) is 10.0 Å². The quantitative estimate of drug-likeness (QED) is 0.688. The number of hydrogen-bond donors (Lipinski definition) is 0. The molecule has 2 heterocycles. The lowest BCUT2D eigenvalue weighted by Crippen LogP contribution is -2.49. The summed E-state index contributed by atoms with van der Waals surface area (Å²) < 4.78 is 33.5. The summed E-state index contributed by atoms with van der Waals surface area (Å²) in [6, 6.07) is 5.38. The van der Waals surface area contributed by atoms with Crippen molar-refractivity contribution in [2.75, 3.05) is 33.3 Å². The molecule has 0 radical (unpaired) electrons. The third-order valence-electron chi connectivity index (χ3n) is 4.56. The molecule has 0 N–H and O–H groups in total. The Balaban J connectivity index is 1.63. The van der Waals surface area contributed by atoms with E-state index < -0.39 is 16.0 Å². The number of rotatable bonds is 5. The zero-order chi connectivity index (χ0) is 19.6. The fourth-order valence-electron chi connectivity index (χ4n) is 3.11. The van der Waals surface area contributed by atoms with Gasteiger partial charge in [0.1, 0.15) is 0 Å². The van der Waals surface area contributed by atoms with Crippen molar-refractivity contribution in [1.82, 2.24) is 24.2 Å². The first kappa shape index (κ1) is 19.5. The molecule has 3 rings (SSSR count). The average molecular weight is 393 g/mol. The topological polar surface area (TPSA) is 97.6 Å². The molecule has 2 aromatic rings. The van der Waals surface area contributed by atoms with Crippen LogP contribution in [0.15, 0.2) is 29.3 Å². The molecule has 146 valence electrons. The summed E-state index contributed by atoms with van der Waals surface area (Å²) in [7, 11) is -2.22. The summed E-state index contributed by atoms with van der Waals surface area (Å²) in [6.07, 6.45) is 1.52. The fourth-order valence-corrected chi connectivity index (χ4v) is 4.74. The van der Waals surface area contributed by atoms with Crippen LogP contribution in [0, 0.1) is 13.8 Å². The Bertz CT molecular complexity index is 933. The van der Waals surface area contributed by atoms with E-state index in [2.05, 4.69) is 19.9 Å². The number of aryl methyl sites for hydroxylation is 2. The third kappa shape index (κ3) is 4.18. The number of piperazine rings is 1. The van der Waals surface area contributed by atoms with Gasteiger partial charge in [0.15, 0.2) is 5.69 Å². The molecule has 0 amide bonds. The molecule has 0 atom stereocenters. The minimum absolute atomic E-state index is 0.147. The van der Waals surface area contributed by atoms with E-state index in [9.17, 15) is 13.2 Å². The smallest absolute Gasteiger partial charge is 0.360 e. The van der Waals surface area contributed by atoms with E-state index in [-0.39, 0.29) is 5.69 Å². The Morgan fingerprint density at radius 3 is 2.52 bits per heavy atom. The minimum Gasteiger partial charge on any atom is -0.464 e. The van der Waals surface area contributed by atoms with Crippen molar-refractivity contribution in [1.29, 1.82) is 0 Å². The van der Waals surface area contributed by atoms with Gasteiger partial charge in [-0.15, -0.1) is 5.10 Å². The van der Waals surface area contributed by atoms with Crippen LogP contribution < -0.4 is 0 Å². The number of nitrogens with zero attached hydrogens (tertiary/aromatic N) is 5. The predicted molar refractivity (Wildman–Crippen MR) is 97.6 cm³/mol. The van der Waals surface area contributed by atoms with Gasteiger partial charge in [-0.05, 0) is 25.5 Å². The van der Waals surface area contributed by atoms with Gasteiger partial charge in [0.05, 0.1) is 24.9 Å². The average Bonchev–Trinajstić information content (AvgIpc) is 3.09. The van der Waals surface area contributed by atoms with Crippen LogP contribution in [0.5, 0.6) is 0 Å². The maximum Gasteiger partial charge on any atom is 0.360 e. The molecule has 0 spiro atoms. The zero-order valence-electron chi connectivity index (χ0n) is 15.6. The van der Waals surface area contributed by atoms with Crippen LogP contribution in [-0.2, 0) is 21.4 Å². The number of methoxy groups -OCH3 is 1. The summed E-state index contributed by atoms with van der Waals surface area (Å²) in [5.41, 5.74) is 1.94. The summed E-state index contributed by atoms with van der Waals surface area (Å²) >= 11 is 0. The molecule has 10 heteroatoms. The molecule has 27 heavy (non-hydrogen) atoms. The van der Waals surface area contributed by atoms with Gasteiger partial charge in [0, 0.05) is 26.2 Å². The fraction of sp³-hybridized carbons (Fsp3) is 0.471. The maximum atomic E-state index is 12.9. The normalized spacial score (nSPS) is 16.4. The number of benzene rings is 1. The van der Waals surface area contributed by atoms with Crippen LogP contribution in [0.4, 0.5) is 0 Å². The number of sulfonamides is 1. The highest BCUT2D eigenvalue weighted by Crippen LogP contribution is 2.22. The third-order valence-corrected chi connectivity index (χ3v) is 6.62. The zero-order valence-corrected chi connectivity index (χ0v) is 16.4. The number of esters is 1. The van der Waals surface area contributed by atoms with Crippen molar-refractivity contribution in [2.45, 2.75) is 25.4 Å². The highest BCUT2D eigenvalue weighted by Gasteiger charge is 2.29. The lowest BCUT2D eigenvalue weighted by molar-refractivity contribution is 0.0593. The van der Waals surface area contributed by atoms with Crippen LogP contribution in [0.3, 0.4) is 0 Å². The van der Waals surface area contributed by atoms with Crippen LogP contribution in [0.2, 0.25) is 0 Å². The van der Waals surface area contributed by atoms with Crippen molar-refractivity contribution in [2.24, 2.45) is 0 Å². The Kier molecular flexibility index (Phi) is 5.59. The molecule has 1 aromatic heterocycles. The Hall–Kier alpha value is -2.30. The summed E-state index contributed by atoms with van der Waals surface area (Å²) in [5, 5.41) is 7.68. The minimum atomic E-state index is -3.51. The number of carbonyl (C=O) groups excluding carboxylic acids is 1. The van der Waals surface area contributed by atoms with Gasteiger partial charge in [-0.1, -0.05) is 22.9 Å². The van der Waals surface area contributed by atoms with Crippen molar-refractivity contribution in [3.8, 4) is 0 Å². The molecule has 1 aromatic carbocycles. The largest absolute Gasteiger partial charge is 0.464 e. The van der Waals surface area contributed by atoms with Gasteiger partial charge < -0.3 is 4.74 Å². The maximum absolute atomic E-state index is 12.9. The number of carbonyl (C=O) groups is 1. The molecule has 0 aliphatic carbocycles. The van der Waals surface area contributed by atoms with Crippen LogP contribution in [0.1, 0.15) is 21.6 Å². The summed E-state index contributed by atoms with van der Waals surface area (Å²) in [5.74, 6) is -0.536.